The Balaban J connectivity index is 1.90. The second-order valence-electron chi connectivity index (χ2n) is 6.93. The van der Waals surface area contributed by atoms with Gasteiger partial charge >= 0.3 is 6.09 Å². The Hall–Kier alpha value is -1.56. The first-order chi connectivity index (χ1) is 10.4. The third-order valence-electron chi connectivity index (χ3n) is 3.84. The van der Waals surface area contributed by atoms with Gasteiger partial charge in [0.2, 0.25) is 0 Å². The maximum atomic E-state index is 12.4. The van der Waals surface area contributed by atoms with Crippen molar-refractivity contribution in [3.63, 3.8) is 0 Å². The molecular weight excluding hydrogens is 280 g/mol. The third kappa shape index (κ3) is 4.73. The summed E-state index contributed by atoms with van der Waals surface area (Å²) in [7, 11) is 0. The SMILES string of the molecule is CC(NCC1CCCCN1C(=O)OC(C)(C)C)c1ncc[nH]1. The summed E-state index contributed by atoms with van der Waals surface area (Å²) in [5.74, 6) is 0.916. The van der Waals surface area contributed by atoms with Crippen LogP contribution in [0, 0.1) is 0 Å². The fourth-order valence-corrected chi connectivity index (χ4v) is 2.70. The van der Waals surface area contributed by atoms with E-state index in [9.17, 15) is 4.79 Å². The second kappa shape index (κ2) is 7.13. The lowest BCUT2D eigenvalue weighted by Crippen LogP contribution is -2.50. The van der Waals surface area contributed by atoms with Gasteiger partial charge in [0.15, 0.2) is 0 Å². The molecule has 6 heteroatoms. The number of amides is 1. The summed E-state index contributed by atoms with van der Waals surface area (Å²) in [6, 6.07) is 0.318. The predicted octanol–water partition coefficient (Wildman–Crippen LogP) is 2.85. The van der Waals surface area contributed by atoms with Gasteiger partial charge in [0, 0.05) is 31.5 Å². The van der Waals surface area contributed by atoms with Gasteiger partial charge in [0.25, 0.3) is 0 Å². The lowest BCUT2D eigenvalue weighted by Gasteiger charge is -2.37. The van der Waals surface area contributed by atoms with Crippen molar-refractivity contribution in [2.75, 3.05) is 13.1 Å². The number of hydrogen-bond donors (Lipinski definition) is 2. The molecule has 2 rings (SSSR count). The van der Waals surface area contributed by atoms with Crippen LogP contribution in [0.3, 0.4) is 0 Å². The average molecular weight is 308 g/mol. The number of likely N-dealkylation sites (tertiary alicyclic amines) is 1. The second-order valence-corrected chi connectivity index (χ2v) is 6.93. The van der Waals surface area contributed by atoms with Crippen molar-refractivity contribution in [2.24, 2.45) is 0 Å². The highest BCUT2D eigenvalue weighted by molar-refractivity contribution is 5.68. The molecule has 1 aromatic heterocycles. The van der Waals surface area contributed by atoms with Gasteiger partial charge in [-0.2, -0.15) is 0 Å². The zero-order chi connectivity index (χ0) is 16.2. The van der Waals surface area contributed by atoms with Crippen LogP contribution < -0.4 is 5.32 Å². The summed E-state index contributed by atoms with van der Waals surface area (Å²) in [6.45, 7) is 9.31. The summed E-state index contributed by atoms with van der Waals surface area (Å²) in [6.07, 6.45) is 6.58. The van der Waals surface area contributed by atoms with Crippen molar-refractivity contribution >= 4 is 6.09 Å². The Morgan fingerprint density at radius 1 is 1.55 bits per heavy atom. The Morgan fingerprint density at radius 3 is 2.95 bits per heavy atom. The zero-order valence-electron chi connectivity index (χ0n) is 14.1. The van der Waals surface area contributed by atoms with E-state index in [0.717, 1.165) is 38.2 Å². The Morgan fingerprint density at radius 2 is 2.32 bits per heavy atom. The number of imidazole rings is 1. The van der Waals surface area contributed by atoms with Crippen LogP contribution in [0.5, 0.6) is 0 Å². The molecule has 6 nitrogen and oxygen atoms in total. The number of H-pyrrole nitrogens is 1. The molecular formula is C16H28N4O2. The maximum Gasteiger partial charge on any atom is 0.410 e. The largest absolute Gasteiger partial charge is 0.444 e. The van der Waals surface area contributed by atoms with Crippen molar-refractivity contribution in [1.82, 2.24) is 20.2 Å². The molecule has 2 N–H and O–H groups in total. The molecule has 0 aromatic carbocycles. The Labute approximate surface area is 132 Å². The minimum absolute atomic E-state index is 0.136. The maximum absolute atomic E-state index is 12.4. The van der Waals surface area contributed by atoms with E-state index in [1.54, 1.807) is 6.20 Å². The number of aromatic nitrogens is 2. The van der Waals surface area contributed by atoms with Gasteiger partial charge in [0.1, 0.15) is 11.4 Å². The van der Waals surface area contributed by atoms with E-state index in [0.29, 0.717) is 0 Å². The van der Waals surface area contributed by atoms with Crippen molar-refractivity contribution in [2.45, 2.75) is 64.6 Å². The van der Waals surface area contributed by atoms with Gasteiger partial charge in [-0.25, -0.2) is 9.78 Å². The van der Waals surface area contributed by atoms with Gasteiger partial charge in [-0.15, -0.1) is 0 Å². The van der Waals surface area contributed by atoms with Crippen molar-refractivity contribution in [1.29, 1.82) is 0 Å². The van der Waals surface area contributed by atoms with E-state index in [1.165, 1.54) is 0 Å². The van der Waals surface area contributed by atoms with Crippen molar-refractivity contribution in [3.8, 4) is 0 Å². The van der Waals surface area contributed by atoms with Crippen LogP contribution in [0.2, 0.25) is 0 Å². The lowest BCUT2D eigenvalue weighted by molar-refractivity contribution is 0.00968. The molecule has 1 aliphatic rings. The molecule has 2 atom stereocenters. The first-order valence-electron chi connectivity index (χ1n) is 8.09. The van der Waals surface area contributed by atoms with E-state index in [1.807, 2.05) is 31.9 Å². The Kier molecular flexibility index (Phi) is 5.45. The van der Waals surface area contributed by atoms with Crippen molar-refractivity contribution < 1.29 is 9.53 Å². The van der Waals surface area contributed by atoms with Gasteiger partial charge < -0.3 is 19.9 Å². The number of aromatic amines is 1. The number of nitrogens with one attached hydrogen (secondary N) is 2. The molecule has 2 unspecified atom stereocenters. The van der Waals surface area contributed by atoms with Crippen LogP contribution in [0.25, 0.3) is 0 Å². The molecule has 0 saturated carbocycles. The topological polar surface area (TPSA) is 70.2 Å². The summed E-state index contributed by atoms with van der Waals surface area (Å²) in [4.78, 5) is 21.6. The number of carbonyl (C=O) groups is 1. The van der Waals surface area contributed by atoms with Crippen LogP contribution in [0.1, 0.15) is 58.8 Å². The van der Waals surface area contributed by atoms with Crippen LogP contribution >= 0.6 is 0 Å². The van der Waals surface area contributed by atoms with E-state index in [4.69, 9.17) is 4.74 Å². The number of carbonyl (C=O) groups excluding carboxylic acids is 1. The minimum Gasteiger partial charge on any atom is -0.444 e. The number of nitrogens with zero attached hydrogens (tertiary/aromatic N) is 2. The molecule has 0 bridgehead atoms. The summed E-state index contributed by atoms with van der Waals surface area (Å²) < 4.78 is 5.53. The number of piperidine rings is 1. The zero-order valence-corrected chi connectivity index (χ0v) is 14.1. The molecule has 0 aliphatic carbocycles. The molecule has 2 heterocycles. The standard InChI is InChI=1S/C16H28N4O2/c1-12(14-17-8-9-18-14)19-11-13-7-5-6-10-20(13)15(21)22-16(2,3)4/h8-9,12-13,19H,5-7,10-11H2,1-4H3,(H,17,18). The van der Waals surface area contributed by atoms with Crippen LogP contribution in [0.4, 0.5) is 4.79 Å². The van der Waals surface area contributed by atoms with E-state index in [2.05, 4.69) is 22.2 Å². The molecule has 1 aliphatic heterocycles. The van der Waals surface area contributed by atoms with Crippen LogP contribution in [-0.2, 0) is 4.74 Å². The first-order valence-corrected chi connectivity index (χ1v) is 8.09. The molecule has 1 amide bonds. The first kappa shape index (κ1) is 16.8. The van der Waals surface area contributed by atoms with Crippen molar-refractivity contribution in [3.05, 3.63) is 18.2 Å². The molecule has 0 radical (unpaired) electrons. The van der Waals surface area contributed by atoms with Gasteiger partial charge in [-0.1, -0.05) is 0 Å². The smallest absolute Gasteiger partial charge is 0.410 e. The van der Waals surface area contributed by atoms with Crippen LogP contribution in [0.15, 0.2) is 12.4 Å². The predicted molar refractivity (Wildman–Crippen MR) is 85.6 cm³/mol. The molecule has 1 aromatic rings. The van der Waals surface area contributed by atoms with Gasteiger partial charge in [-0.05, 0) is 47.0 Å². The monoisotopic (exact) mass is 308 g/mol. The van der Waals surface area contributed by atoms with E-state index < -0.39 is 5.60 Å². The molecule has 0 spiro atoms. The number of ether oxygens (including phenoxy) is 1. The molecule has 1 fully saturated rings. The molecule has 124 valence electrons. The summed E-state index contributed by atoms with van der Waals surface area (Å²) >= 11 is 0. The van der Waals surface area contributed by atoms with E-state index in [-0.39, 0.29) is 18.2 Å². The normalized spacial score (nSPS) is 20.7. The average Bonchev–Trinajstić information content (AvgIpc) is 2.97. The highest BCUT2D eigenvalue weighted by Gasteiger charge is 2.30. The third-order valence-corrected chi connectivity index (χ3v) is 3.84. The van der Waals surface area contributed by atoms with Gasteiger partial charge in [-0.3, -0.25) is 0 Å². The highest BCUT2D eigenvalue weighted by atomic mass is 16.6. The fraction of sp³-hybridized carbons (Fsp3) is 0.750. The van der Waals surface area contributed by atoms with Crippen LogP contribution in [-0.4, -0.2) is 45.7 Å². The highest BCUT2D eigenvalue weighted by Crippen LogP contribution is 2.20. The molecule has 1 saturated heterocycles. The summed E-state index contributed by atoms with van der Waals surface area (Å²) in [5, 5.41) is 3.46. The minimum atomic E-state index is -0.450. The van der Waals surface area contributed by atoms with E-state index >= 15 is 0 Å². The lowest BCUT2D eigenvalue weighted by atomic mass is 10.0. The van der Waals surface area contributed by atoms with Gasteiger partial charge in [0.05, 0.1) is 6.04 Å². The number of hydrogen-bond acceptors (Lipinski definition) is 4. The quantitative estimate of drug-likeness (QED) is 0.897. The molecule has 22 heavy (non-hydrogen) atoms. The number of rotatable bonds is 4. The fourth-order valence-electron chi connectivity index (χ4n) is 2.70. The Bertz CT molecular complexity index is 467. The summed E-state index contributed by atoms with van der Waals surface area (Å²) in [5.41, 5.74) is -0.450.